The first-order chi connectivity index (χ1) is 10.2. The number of carbonyl (C=O) groups is 1. The Morgan fingerprint density at radius 2 is 2.33 bits per heavy atom. The second kappa shape index (κ2) is 8.11. The van der Waals surface area contributed by atoms with Gasteiger partial charge in [0.2, 0.25) is 5.91 Å². The van der Waals surface area contributed by atoms with Crippen molar-refractivity contribution in [3.8, 4) is 11.8 Å². The largest absolute Gasteiger partial charge is 0.395 e. The Kier molecular flexibility index (Phi) is 6.16. The van der Waals surface area contributed by atoms with Crippen molar-refractivity contribution in [2.45, 2.75) is 37.9 Å². The van der Waals surface area contributed by atoms with Gasteiger partial charge in [0.15, 0.2) is 0 Å². The second-order valence-electron chi connectivity index (χ2n) is 5.17. The quantitative estimate of drug-likeness (QED) is 0.844. The zero-order valence-electron chi connectivity index (χ0n) is 12.3. The predicted octanol–water partition coefficient (Wildman–Crippen LogP) is 2.95. The molecule has 1 unspecified atom stereocenters. The van der Waals surface area contributed by atoms with Crippen LogP contribution in [0.3, 0.4) is 0 Å². The molecular formula is C17H21NO2S. The van der Waals surface area contributed by atoms with Gasteiger partial charge in [0.05, 0.1) is 17.5 Å². The Morgan fingerprint density at radius 1 is 1.48 bits per heavy atom. The molecule has 2 rings (SSSR count). The van der Waals surface area contributed by atoms with Crippen LogP contribution in [0.15, 0.2) is 18.2 Å². The van der Waals surface area contributed by atoms with Crippen LogP contribution in [0.25, 0.3) is 0 Å². The Balaban J connectivity index is 2.12. The van der Waals surface area contributed by atoms with Crippen LogP contribution in [-0.2, 0) is 4.79 Å². The van der Waals surface area contributed by atoms with Gasteiger partial charge < -0.3 is 10.4 Å². The molecule has 1 aliphatic heterocycles. The predicted molar refractivity (Wildman–Crippen MR) is 88.5 cm³/mol. The Hall–Kier alpha value is -1.44. The second-order valence-corrected chi connectivity index (χ2v) is 6.48. The van der Waals surface area contributed by atoms with E-state index in [4.69, 9.17) is 5.11 Å². The minimum Gasteiger partial charge on any atom is -0.395 e. The summed E-state index contributed by atoms with van der Waals surface area (Å²) in [4.78, 5) is 12.3. The third kappa shape index (κ3) is 4.80. The molecule has 0 bridgehead atoms. The SMILES string of the molecule is Cc1ccc(C#CCCO)c(NC(=O)C2CCCCS2)c1. The van der Waals surface area contributed by atoms with E-state index in [1.54, 1.807) is 11.8 Å². The van der Waals surface area contributed by atoms with Crippen molar-refractivity contribution in [3.05, 3.63) is 29.3 Å². The van der Waals surface area contributed by atoms with Crippen LogP contribution < -0.4 is 5.32 Å². The summed E-state index contributed by atoms with van der Waals surface area (Å²) in [5.41, 5.74) is 2.68. The summed E-state index contributed by atoms with van der Waals surface area (Å²) in [7, 11) is 0. The first kappa shape index (κ1) is 15.9. The Labute approximate surface area is 130 Å². The zero-order chi connectivity index (χ0) is 15.1. The van der Waals surface area contributed by atoms with Gasteiger partial charge in [-0.05, 0) is 43.2 Å². The highest BCUT2D eigenvalue weighted by Crippen LogP contribution is 2.27. The summed E-state index contributed by atoms with van der Waals surface area (Å²) >= 11 is 1.74. The van der Waals surface area contributed by atoms with E-state index in [1.165, 1.54) is 6.42 Å². The average molecular weight is 303 g/mol. The van der Waals surface area contributed by atoms with E-state index in [0.29, 0.717) is 6.42 Å². The third-order valence-corrected chi connectivity index (χ3v) is 4.74. The van der Waals surface area contributed by atoms with Gasteiger partial charge in [-0.1, -0.05) is 24.3 Å². The van der Waals surface area contributed by atoms with Crippen molar-refractivity contribution in [1.82, 2.24) is 0 Å². The zero-order valence-corrected chi connectivity index (χ0v) is 13.1. The Bertz CT molecular complexity index is 554. The first-order valence-corrected chi connectivity index (χ1v) is 8.38. The topological polar surface area (TPSA) is 49.3 Å². The minimum atomic E-state index is 0.0533. The summed E-state index contributed by atoms with van der Waals surface area (Å²) in [5, 5.41) is 11.9. The lowest BCUT2D eigenvalue weighted by molar-refractivity contribution is -0.115. The monoisotopic (exact) mass is 303 g/mol. The van der Waals surface area contributed by atoms with E-state index < -0.39 is 0 Å². The maximum absolute atomic E-state index is 12.3. The normalized spacial score (nSPS) is 17.7. The number of anilines is 1. The van der Waals surface area contributed by atoms with Gasteiger partial charge >= 0.3 is 0 Å². The molecule has 3 nitrogen and oxygen atoms in total. The molecule has 2 N–H and O–H groups in total. The molecule has 1 fully saturated rings. The number of amides is 1. The van der Waals surface area contributed by atoms with Crippen LogP contribution in [0, 0.1) is 18.8 Å². The number of hydrogen-bond acceptors (Lipinski definition) is 3. The molecule has 1 aromatic carbocycles. The number of benzene rings is 1. The number of nitrogens with one attached hydrogen (secondary N) is 1. The van der Waals surface area contributed by atoms with Gasteiger partial charge in [-0.3, -0.25) is 4.79 Å². The fourth-order valence-electron chi connectivity index (χ4n) is 2.24. The van der Waals surface area contributed by atoms with Crippen molar-refractivity contribution in [3.63, 3.8) is 0 Å². The minimum absolute atomic E-state index is 0.0533. The van der Waals surface area contributed by atoms with Gasteiger partial charge in [-0.2, -0.15) is 0 Å². The summed E-state index contributed by atoms with van der Waals surface area (Å²) < 4.78 is 0. The molecule has 1 saturated heterocycles. The van der Waals surface area contributed by atoms with Crippen LogP contribution in [0.1, 0.15) is 36.8 Å². The lowest BCUT2D eigenvalue weighted by Gasteiger charge is -2.21. The molecule has 0 aromatic heterocycles. The van der Waals surface area contributed by atoms with Crippen LogP contribution >= 0.6 is 11.8 Å². The summed E-state index contributed by atoms with van der Waals surface area (Å²) in [6.45, 7) is 2.05. The average Bonchev–Trinajstić information content (AvgIpc) is 2.50. The number of thioether (sulfide) groups is 1. The van der Waals surface area contributed by atoms with Crippen molar-refractivity contribution in [1.29, 1.82) is 0 Å². The number of aryl methyl sites for hydroxylation is 1. The molecule has 21 heavy (non-hydrogen) atoms. The van der Waals surface area contributed by atoms with Crippen molar-refractivity contribution in [2.24, 2.45) is 0 Å². The van der Waals surface area contributed by atoms with Gasteiger partial charge in [-0.25, -0.2) is 0 Å². The van der Waals surface area contributed by atoms with Crippen LogP contribution in [-0.4, -0.2) is 28.6 Å². The molecule has 0 aliphatic carbocycles. The van der Waals surface area contributed by atoms with Gasteiger partial charge in [0.1, 0.15) is 0 Å². The van der Waals surface area contributed by atoms with Crippen molar-refractivity contribution >= 4 is 23.4 Å². The number of carbonyl (C=O) groups excluding carboxylic acids is 1. The van der Waals surface area contributed by atoms with Gasteiger partial charge in [0, 0.05) is 12.0 Å². The van der Waals surface area contributed by atoms with Crippen LogP contribution in [0.5, 0.6) is 0 Å². The molecule has 0 radical (unpaired) electrons. The molecule has 1 heterocycles. The molecule has 1 aromatic rings. The molecule has 0 spiro atoms. The number of hydrogen-bond donors (Lipinski definition) is 2. The fourth-order valence-corrected chi connectivity index (χ4v) is 3.44. The first-order valence-electron chi connectivity index (χ1n) is 7.33. The maximum Gasteiger partial charge on any atom is 0.237 e. The highest BCUT2D eigenvalue weighted by atomic mass is 32.2. The van der Waals surface area contributed by atoms with E-state index in [2.05, 4.69) is 17.2 Å². The lowest BCUT2D eigenvalue weighted by Crippen LogP contribution is -2.27. The van der Waals surface area contributed by atoms with E-state index >= 15 is 0 Å². The molecule has 112 valence electrons. The van der Waals surface area contributed by atoms with Gasteiger partial charge in [0.25, 0.3) is 0 Å². The highest BCUT2D eigenvalue weighted by Gasteiger charge is 2.22. The molecule has 1 amide bonds. The Morgan fingerprint density at radius 3 is 3.05 bits per heavy atom. The summed E-state index contributed by atoms with van der Waals surface area (Å²) in [6, 6.07) is 5.85. The number of rotatable bonds is 3. The maximum atomic E-state index is 12.3. The summed E-state index contributed by atoms with van der Waals surface area (Å²) in [6.07, 6.45) is 3.73. The van der Waals surface area contributed by atoms with Crippen molar-refractivity contribution in [2.75, 3.05) is 17.7 Å². The van der Waals surface area contributed by atoms with Gasteiger partial charge in [-0.15, -0.1) is 11.8 Å². The van der Waals surface area contributed by atoms with Crippen molar-refractivity contribution < 1.29 is 9.90 Å². The molecular weight excluding hydrogens is 282 g/mol. The number of aliphatic hydroxyl groups is 1. The van der Waals surface area contributed by atoms with E-state index in [1.807, 2.05) is 25.1 Å². The standard InChI is InChI=1S/C17H21NO2S/c1-13-8-9-14(6-2-4-10-19)15(12-13)18-17(20)16-7-3-5-11-21-16/h8-9,12,16,19H,3-5,7,10-11H2,1H3,(H,18,20). The molecule has 0 saturated carbocycles. The van der Waals surface area contributed by atoms with E-state index in [-0.39, 0.29) is 17.8 Å². The molecule has 1 atom stereocenters. The van der Waals surface area contributed by atoms with Crippen LogP contribution in [0.2, 0.25) is 0 Å². The third-order valence-electron chi connectivity index (χ3n) is 3.36. The fraction of sp³-hybridized carbons (Fsp3) is 0.471. The van der Waals surface area contributed by atoms with E-state index in [9.17, 15) is 4.79 Å². The number of aliphatic hydroxyl groups excluding tert-OH is 1. The van der Waals surface area contributed by atoms with Crippen LogP contribution in [0.4, 0.5) is 5.69 Å². The summed E-state index contributed by atoms with van der Waals surface area (Å²) in [5.74, 6) is 7.07. The van der Waals surface area contributed by atoms with E-state index in [0.717, 1.165) is 35.4 Å². The molecule has 4 heteroatoms. The lowest BCUT2D eigenvalue weighted by atomic mass is 10.1. The molecule has 1 aliphatic rings. The smallest absolute Gasteiger partial charge is 0.237 e. The highest BCUT2D eigenvalue weighted by molar-refractivity contribution is 8.00.